The second-order valence-corrected chi connectivity index (χ2v) is 11.1. The molecule has 35 heavy (non-hydrogen) atoms. The molecule has 0 heterocycles. The second-order valence-electron chi connectivity index (χ2n) is 11.1. The summed E-state index contributed by atoms with van der Waals surface area (Å²) >= 11 is 0. The number of rotatable bonds is 2. The largest absolute Gasteiger partial charge is 2.00 e. The van der Waals surface area contributed by atoms with Crippen LogP contribution in [0.15, 0.2) is 102 Å². The van der Waals surface area contributed by atoms with Gasteiger partial charge in [0.15, 0.2) is 0 Å². The minimum atomic E-state index is 0. The first-order valence-corrected chi connectivity index (χ1v) is 12.1. The molecule has 3 aliphatic rings. The van der Waals surface area contributed by atoms with Crippen LogP contribution in [0.4, 0.5) is 0 Å². The van der Waals surface area contributed by atoms with Crippen molar-refractivity contribution in [1.29, 1.82) is 0 Å². The maximum absolute atomic E-state index is 2.63. The van der Waals surface area contributed by atoms with Gasteiger partial charge in [0.05, 0.1) is 0 Å². The predicted octanol–water partition coefficient (Wildman–Crippen LogP) is 2.31. The van der Waals surface area contributed by atoms with Crippen LogP contribution < -0.4 is 24.8 Å². The molecule has 0 bridgehead atoms. The Hall–Kier alpha value is -1.40. The Morgan fingerprint density at radius 3 is 1.80 bits per heavy atom. The molecule has 0 N–H and O–H groups in total. The normalized spacial score (nSPS) is 24.1. The Balaban J connectivity index is 0.00000114. The van der Waals surface area contributed by atoms with E-state index in [0.29, 0.717) is 17.8 Å². The number of halogens is 2. The molecule has 0 amide bonds. The first-order chi connectivity index (χ1) is 15.4. The topological polar surface area (TPSA) is 0 Å². The van der Waals surface area contributed by atoms with Crippen LogP contribution in [0.5, 0.6) is 0 Å². The smallest absolute Gasteiger partial charge is 1.00 e. The summed E-state index contributed by atoms with van der Waals surface area (Å²) < 4.78 is 0. The van der Waals surface area contributed by atoms with E-state index in [1.54, 1.807) is 5.57 Å². The van der Waals surface area contributed by atoms with E-state index in [2.05, 4.69) is 119 Å². The van der Waals surface area contributed by atoms with Crippen molar-refractivity contribution in [3.8, 4) is 11.1 Å². The Morgan fingerprint density at radius 1 is 0.743 bits per heavy atom. The van der Waals surface area contributed by atoms with Gasteiger partial charge in [-0.1, -0.05) is 124 Å². The fraction of sp³-hybridized carbons (Fsp3) is 0.312. The zero-order chi connectivity index (χ0) is 22.1. The maximum Gasteiger partial charge on any atom is 2.00 e. The fourth-order valence-electron chi connectivity index (χ4n) is 6.93. The van der Waals surface area contributed by atoms with Gasteiger partial charge in [0.2, 0.25) is 0 Å². The molecule has 3 unspecified atom stereocenters. The summed E-state index contributed by atoms with van der Waals surface area (Å²) in [6, 6.07) is 29.7. The zero-order valence-electron chi connectivity index (χ0n) is 20.9. The van der Waals surface area contributed by atoms with E-state index in [-0.39, 0.29) is 61.8 Å². The third kappa shape index (κ3) is 4.17. The van der Waals surface area contributed by atoms with Crippen LogP contribution in [0, 0.1) is 17.3 Å². The number of allylic oxidation sites excluding steroid dienone is 4. The molecule has 3 heteroatoms. The monoisotopic (exact) mass is 576 g/mol. The summed E-state index contributed by atoms with van der Waals surface area (Å²) in [5, 5.41) is 0. The van der Waals surface area contributed by atoms with Crippen LogP contribution in [-0.2, 0) is 31.6 Å². The van der Waals surface area contributed by atoms with Crippen molar-refractivity contribution in [2.75, 3.05) is 0 Å². The SMILES string of the molecule is CC1CC(c2ccccc2)(C2c3ccccc3-c3ccccc32)C2C=C(C(C)(C)C)C=C12.[Cl-].[Cl-].[Zr+2]. The molecular formula is C32H32Cl2Zr. The molecule has 178 valence electrons. The van der Waals surface area contributed by atoms with E-state index in [1.807, 2.05) is 0 Å². The van der Waals surface area contributed by atoms with Gasteiger partial charge in [0.1, 0.15) is 0 Å². The average Bonchev–Trinajstić information content (AvgIpc) is 3.46. The molecular weight excluding hydrogens is 546 g/mol. The molecule has 3 atom stereocenters. The van der Waals surface area contributed by atoms with Crippen molar-refractivity contribution < 1.29 is 51.0 Å². The summed E-state index contributed by atoms with van der Waals surface area (Å²) in [5.74, 6) is 1.39. The van der Waals surface area contributed by atoms with Gasteiger partial charge in [0.25, 0.3) is 0 Å². The first-order valence-electron chi connectivity index (χ1n) is 12.1. The van der Waals surface area contributed by atoms with Gasteiger partial charge in [-0.2, -0.15) is 0 Å². The molecule has 3 aliphatic carbocycles. The van der Waals surface area contributed by atoms with Crippen LogP contribution in [0.1, 0.15) is 56.7 Å². The molecule has 0 nitrogen and oxygen atoms in total. The molecule has 0 spiro atoms. The average molecular weight is 579 g/mol. The third-order valence-electron chi connectivity index (χ3n) is 8.32. The first kappa shape index (κ1) is 28.2. The van der Waals surface area contributed by atoms with Gasteiger partial charge in [-0.25, -0.2) is 0 Å². The van der Waals surface area contributed by atoms with Crippen molar-refractivity contribution in [2.45, 2.75) is 45.4 Å². The summed E-state index contributed by atoms with van der Waals surface area (Å²) in [7, 11) is 0. The molecule has 0 aliphatic heterocycles. The minimum Gasteiger partial charge on any atom is -1.00 e. The summed E-state index contributed by atoms with van der Waals surface area (Å²) in [6.45, 7) is 9.51. The van der Waals surface area contributed by atoms with E-state index in [9.17, 15) is 0 Å². The Labute approximate surface area is 242 Å². The third-order valence-corrected chi connectivity index (χ3v) is 8.32. The van der Waals surface area contributed by atoms with Crippen LogP contribution >= 0.6 is 0 Å². The van der Waals surface area contributed by atoms with E-state index in [4.69, 9.17) is 0 Å². The summed E-state index contributed by atoms with van der Waals surface area (Å²) in [6.07, 6.45) is 6.37. The Kier molecular flexibility index (Phi) is 8.18. The summed E-state index contributed by atoms with van der Waals surface area (Å²) in [4.78, 5) is 0. The van der Waals surface area contributed by atoms with Gasteiger partial charge < -0.3 is 24.8 Å². The predicted molar refractivity (Wildman–Crippen MR) is 135 cm³/mol. The number of hydrogen-bond acceptors (Lipinski definition) is 0. The van der Waals surface area contributed by atoms with Gasteiger partial charge >= 0.3 is 26.2 Å². The minimum absolute atomic E-state index is 0. The van der Waals surface area contributed by atoms with Crippen molar-refractivity contribution in [3.63, 3.8) is 0 Å². The molecule has 1 saturated carbocycles. The van der Waals surface area contributed by atoms with Gasteiger partial charge in [-0.15, -0.1) is 0 Å². The van der Waals surface area contributed by atoms with Gasteiger partial charge in [-0.05, 0) is 51.1 Å². The quantitative estimate of drug-likeness (QED) is 0.438. The van der Waals surface area contributed by atoms with Crippen molar-refractivity contribution in [2.24, 2.45) is 17.3 Å². The van der Waals surface area contributed by atoms with Crippen LogP contribution in [0.2, 0.25) is 0 Å². The van der Waals surface area contributed by atoms with Crippen molar-refractivity contribution in [3.05, 3.63) is 119 Å². The Morgan fingerprint density at radius 2 is 1.26 bits per heavy atom. The van der Waals surface area contributed by atoms with Crippen LogP contribution in [-0.4, -0.2) is 0 Å². The molecule has 6 rings (SSSR count). The Bertz CT molecular complexity index is 1220. The van der Waals surface area contributed by atoms with E-state index in [1.165, 1.54) is 39.8 Å². The van der Waals surface area contributed by atoms with Crippen LogP contribution in [0.3, 0.4) is 0 Å². The molecule has 0 aromatic heterocycles. The van der Waals surface area contributed by atoms with E-state index in [0.717, 1.165) is 0 Å². The summed E-state index contributed by atoms with van der Waals surface area (Å²) in [5.41, 5.74) is 10.7. The molecule has 3 aromatic rings. The maximum atomic E-state index is 2.63. The zero-order valence-corrected chi connectivity index (χ0v) is 24.8. The van der Waals surface area contributed by atoms with Crippen molar-refractivity contribution >= 4 is 0 Å². The van der Waals surface area contributed by atoms with Crippen molar-refractivity contribution in [1.82, 2.24) is 0 Å². The number of benzene rings is 3. The molecule has 1 fully saturated rings. The fourth-order valence-corrected chi connectivity index (χ4v) is 6.93. The van der Waals surface area contributed by atoms with E-state index < -0.39 is 0 Å². The molecule has 0 saturated heterocycles. The number of fused-ring (bicyclic) bond motifs is 4. The standard InChI is InChI=1S/C32H32.2ClH.Zr/c1-21-20-32(22-12-6-5-7-13-22,29-19-23(18-28(21)29)31(2,3)4)30-26-16-10-8-14-24(26)25-15-9-11-17-27(25)30;;;/h5-19,21,29-30H,20H2,1-4H3;2*1H;/q;;;+2/p-2. The second kappa shape index (κ2) is 10.2. The molecule has 0 radical (unpaired) electrons. The number of hydrogen-bond donors (Lipinski definition) is 0. The van der Waals surface area contributed by atoms with E-state index >= 15 is 0 Å². The van der Waals surface area contributed by atoms with Gasteiger partial charge in [0, 0.05) is 17.3 Å². The molecule has 3 aromatic carbocycles. The van der Waals surface area contributed by atoms with Gasteiger partial charge in [-0.3, -0.25) is 0 Å². The van der Waals surface area contributed by atoms with Crippen LogP contribution in [0.25, 0.3) is 11.1 Å².